The first-order chi connectivity index (χ1) is 25.1. The molecule has 4 aromatic rings. The Hall–Kier alpha value is -3.09. The molecule has 0 amide bonds. The molecule has 1 aliphatic carbocycles. The second kappa shape index (κ2) is 21.3. The van der Waals surface area contributed by atoms with Gasteiger partial charge in [0.05, 0.1) is 6.26 Å². The molecule has 0 aromatic carbocycles. The van der Waals surface area contributed by atoms with Gasteiger partial charge in [-0.05, 0) is 125 Å². The molecule has 0 radical (unpaired) electrons. The standard InChI is InChI=1S/C11H15F2N.C10H14ClN.C10H16.C9H14O.C9H14S.CH4/c1-10(2,3)8-5-6-9(14-7-8)11(4,12)13;1-7-5-8(10(2,3)4)6-9(11)12-7;1-8-5-6-9(7-8)10(2,3)4;2*1-7-5-8(6-10-7)9(2,3)4;/h5-7H,1-4H3;5-6H,1-4H3;6-7H,5H2,1-4H3;2*5-6H,1-4H3;1H4. The van der Waals surface area contributed by atoms with Crippen LogP contribution in [0.3, 0.4) is 0 Å². The lowest BCUT2D eigenvalue weighted by atomic mass is 9.87. The van der Waals surface area contributed by atoms with Gasteiger partial charge in [0.1, 0.15) is 16.6 Å². The molecule has 0 N–H and O–H groups in total. The third kappa shape index (κ3) is 20.4. The van der Waals surface area contributed by atoms with E-state index in [0.29, 0.717) is 16.0 Å². The Morgan fingerprint density at radius 2 is 1.18 bits per heavy atom. The van der Waals surface area contributed by atoms with Crippen LogP contribution in [0.4, 0.5) is 8.78 Å². The van der Waals surface area contributed by atoms with Crippen molar-refractivity contribution >= 4 is 22.9 Å². The number of furan rings is 1. The van der Waals surface area contributed by atoms with Gasteiger partial charge in [-0.3, -0.25) is 4.98 Å². The largest absolute Gasteiger partial charge is 0.469 e. The van der Waals surface area contributed by atoms with E-state index in [-0.39, 0.29) is 29.4 Å². The van der Waals surface area contributed by atoms with Gasteiger partial charge in [-0.15, -0.1) is 11.3 Å². The summed E-state index contributed by atoms with van der Waals surface area (Å²) in [5, 5.41) is 2.83. The summed E-state index contributed by atoms with van der Waals surface area (Å²) in [6.07, 6.45) is 9.14. The number of hydrogen-bond acceptors (Lipinski definition) is 4. The van der Waals surface area contributed by atoms with E-state index in [9.17, 15) is 8.78 Å². The minimum atomic E-state index is -2.85. The number of halogens is 3. The van der Waals surface area contributed by atoms with Crippen LogP contribution in [-0.2, 0) is 27.6 Å². The number of rotatable bonds is 1. The van der Waals surface area contributed by atoms with Gasteiger partial charge in [0.2, 0.25) is 0 Å². The summed E-state index contributed by atoms with van der Waals surface area (Å²) in [6, 6.07) is 11.4. The summed E-state index contributed by atoms with van der Waals surface area (Å²) < 4.78 is 30.8. The average Bonchev–Trinajstić information content (AvgIpc) is 3.78. The van der Waals surface area contributed by atoms with E-state index in [4.69, 9.17) is 16.0 Å². The van der Waals surface area contributed by atoms with Crippen molar-refractivity contribution in [3.8, 4) is 0 Å². The van der Waals surface area contributed by atoms with Crippen LogP contribution >= 0.6 is 22.9 Å². The number of pyridine rings is 2. The van der Waals surface area contributed by atoms with Gasteiger partial charge in [-0.2, -0.15) is 8.78 Å². The fourth-order valence-corrected chi connectivity index (χ4v) is 6.19. The molecule has 0 fully saturated rings. The number of alkyl halides is 2. The molecule has 0 saturated heterocycles. The molecule has 7 heteroatoms. The second-order valence-corrected chi connectivity index (χ2v) is 21.6. The van der Waals surface area contributed by atoms with Crippen molar-refractivity contribution in [3.05, 3.63) is 127 Å². The Morgan fingerprint density at radius 1 is 0.649 bits per heavy atom. The third-order valence-corrected chi connectivity index (χ3v) is 10.0. The number of thiophene rings is 1. The van der Waals surface area contributed by atoms with Gasteiger partial charge in [0.15, 0.2) is 0 Å². The Bertz CT molecular complexity index is 1750. The van der Waals surface area contributed by atoms with E-state index in [0.717, 1.165) is 30.4 Å². The van der Waals surface area contributed by atoms with Crippen molar-refractivity contribution in [1.82, 2.24) is 9.97 Å². The number of allylic oxidation sites excluding steroid dienone is 4. The van der Waals surface area contributed by atoms with Crippen LogP contribution in [0.1, 0.15) is 176 Å². The zero-order valence-corrected chi connectivity index (χ0v) is 40.0. The minimum Gasteiger partial charge on any atom is -0.469 e. The van der Waals surface area contributed by atoms with Crippen molar-refractivity contribution in [2.45, 2.75) is 180 Å². The van der Waals surface area contributed by atoms with Crippen molar-refractivity contribution in [2.75, 3.05) is 0 Å². The van der Waals surface area contributed by atoms with Crippen molar-refractivity contribution in [2.24, 2.45) is 5.41 Å². The van der Waals surface area contributed by atoms with E-state index in [1.165, 1.54) is 45.0 Å². The second-order valence-electron chi connectivity index (χ2n) is 20.1. The predicted molar refractivity (Wildman–Crippen MR) is 248 cm³/mol. The van der Waals surface area contributed by atoms with Gasteiger partial charge in [-0.1, -0.05) is 147 Å². The van der Waals surface area contributed by atoms with E-state index in [1.54, 1.807) is 6.07 Å². The summed E-state index contributed by atoms with van der Waals surface area (Å²) in [4.78, 5) is 9.29. The Kier molecular flexibility index (Phi) is 20.1. The summed E-state index contributed by atoms with van der Waals surface area (Å²) in [6.45, 7) is 41.7. The van der Waals surface area contributed by atoms with Crippen LogP contribution in [0.2, 0.25) is 5.15 Å². The average molecular weight is 828 g/mol. The molecule has 320 valence electrons. The van der Waals surface area contributed by atoms with Crippen molar-refractivity contribution < 1.29 is 13.2 Å². The fourth-order valence-electron chi connectivity index (χ4n) is 5.01. The molecule has 0 aliphatic heterocycles. The number of nitrogens with zero attached hydrogens (tertiary/aromatic N) is 2. The van der Waals surface area contributed by atoms with Gasteiger partial charge in [0, 0.05) is 23.7 Å². The fraction of sp³-hybridized carbons (Fsp3) is 0.560. The zero-order chi connectivity index (χ0) is 43.7. The summed E-state index contributed by atoms with van der Waals surface area (Å²) in [7, 11) is 0. The lowest BCUT2D eigenvalue weighted by Crippen LogP contribution is -2.14. The first kappa shape index (κ1) is 53.9. The lowest BCUT2D eigenvalue weighted by Gasteiger charge is -2.19. The molecule has 4 heterocycles. The van der Waals surface area contributed by atoms with Gasteiger partial charge in [0.25, 0.3) is 5.92 Å². The quantitative estimate of drug-likeness (QED) is 0.179. The SMILES string of the molecule is C.CC(C)(C)c1ccc(C(C)(F)F)nc1.CC1=CC(C(C)(C)C)=CC1.Cc1cc(C(C)(C)C)cc(Cl)n1.Cc1cc(C(C)(C)C)co1.Cc1cc(C(C)(C)C)cs1. The monoisotopic (exact) mass is 827 g/mol. The molecule has 5 rings (SSSR count). The van der Waals surface area contributed by atoms with E-state index in [2.05, 4.69) is 143 Å². The first-order valence-corrected chi connectivity index (χ1v) is 20.8. The maximum absolute atomic E-state index is 12.8. The van der Waals surface area contributed by atoms with Crippen LogP contribution in [0, 0.1) is 26.2 Å². The molecule has 4 aromatic heterocycles. The van der Waals surface area contributed by atoms with Crippen LogP contribution in [0.25, 0.3) is 0 Å². The molecule has 0 saturated carbocycles. The highest BCUT2D eigenvalue weighted by molar-refractivity contribution is 7.10. The molecular weight excluding hydrogens is 750 g/mol. The Labute approximate surface area is 356 Å². The molecule has 0 unspecified atom stereocenters. The zero-order valence-electron chi connectivity index (χ0n) is 38.4. The summed E-state index contributed by atoms with van der Waals surface area (Å²) in [5.41, 5.74) is 9.70. The van der Waals surface area contributed by atoms with Crippen LogP contribution < -0.4 is 0 Å². The molecule has 0 spiro atoms. The Balaban J connectivity index is 0.000000689. The maximum atomic E-state index is 12.8. The van der Waals surface area contributed by atoms with E-state index >= 15 is 0 Å². The van der Waals surface area contributed by atoms with Crippen LogP contribution in [0.5, 0.6) is 0 Å². The molecular formula is C50H77ClF2N2OS. The normalized spacial score (nSPS) is 13.2. The summed E-state index contributed by atoms with van der Waals surface area (Å²) in [5.74, 6) is -1.86. The first-order valence-electron chi connectivity index (χ1n) is 19.6. The minimum absolute atomic E-state index is 0. The molecule has 0 bridgehead atoms. The highest BCUT2D eigenvalue weighted by atomic mass is 35.5. The van der Waals surface area contributed by atoms with Crippen molar-refractivity contribution in [3.63, 3.8) is 0 Å². The molecule has 3 nitrogen and oxygen atoms in total. The predicted octanol–water partition coefficient (Wildman–Crippen LogP) is 17.0. The summed E-state index contributed by atoms with van der Waals surface area (Å²) >= 11 is 7.68. The van der Waals surface area contributed by atoms with Crippen LogP contribution in [-0.4, -0.2) is 9.97 Å². The molecule has 57 heavy (non-hydrogen) atoms. The molecule has 1 aliphatic rings. The third-order valence-electron chi connectivity index (χ3n) is 8.97. The maximum Gasteiger partial charge on any atom is 0.286 e. The topological polar surface area (TPSA) is 38.9 Å². The molecule has 0 atom stereocenters. The smallest absolute Gasteiger partial charge is 0.286 e. The van der Waals surface area contributed by atoms with Gasteiger partial charge >= 0.3 is 0 Å². The Morgan fingerprint density at radius 3 is 1.44 bits per heavy atom. The number of aryl methyl sites for hydroxylation is 3. The van der Waals surface area contributed by atoms with Gasteiger partial charge in [-0.25, -0.2) is 4.98 Å². The van der Waals surface area contributed by atoms with Crippen molar-refractivity contribution in [1.29, 1.82) is 0 Å². The van der Waals surface area contributed by atoms with Gasteiger partial charge < -0.3 is 4.42 Å². The van der Waals surface area contributed by atoms with Crippen LogP contribution in [0.15, 0.2) is 82.0 Å². The van der Waals surface area contributed by atoms with E-state index < -0.39 is 5.92 Å². The lowest BCUT2D eigenvalue weighted by molar-refractivity contribution is 0.0127. The highest BCUT2D eigenvalue weighted by Gasteiger charge is 2.26. The number of hydrogen-bond donors (Lipinski definition) is 0. The van der Waals surface area contributed by atoms with E-state index in [1.807, 2.05) is 58.3 Å². The highest BCUT2D eigenvalue weighted by Crippen LogP contribution is 2.32. The number of aromatic nitrogens is 2.